The zero-order valence-electron chi connectivity index (χ0n) is 13.4. The fourth-order valence-corrected chi connectivity index (χ4v) is 3.50. The molecule has 2 rings (SSSR count). The minimum Gasteiger partial charge on any atom is -0.495 e. The van der Waals surface area contributed by atoms with Crippen molar-refractivity contribution in [1.29, 1.82) is 0 Å². The molecule has 0 aliphatic heterocycles. The molecule has 134 valence electrons. The molecule has 2 atom stereocenters. The van der Waals surface area contributed by atoms with Crippen LogP contribution in [-0.4, -0.2) is 32.3 Å². The van der Waals surface area contributed by atoms with Gasteiger partial charge in [0.05, 0.1) is 20.1 Å². The molecule has 1 aromatic rings. The molecular formula is C16H19BrF3NO3. The number of carbonyl (C=O) groups excluding carboxylic acids is 1. The first-order valence-corrected chi connectivity index (χ1v) is 8.36. The molecule has 1 aromatic carbocycles. The predicted octanol–water partition coefficient (Wildman–Crippen LogP) is 4.32. The highest BCUT2D eigenvalue weighted by Crippen LogP contribution is 2.38. The summed E-state index contributed by atoms with van der Waals surface area (Å²) >= 11 is 3.29. The van der Waals surface area contributed by atoms with E-state index in [0.29, 0.717) is 35.2 Å². The van der Waals surface area contributed by atoms with E-state index in [1.54, 1.807) is 0 Å². The van der Waals surface area contributed by atoms with Gasteiger partial charge in [0.25, 0.3) is 5.91 Å². The summed E-state index contributed by atoms with van der Waals surface area (Å²) in [5.74, 6) is -1.33. The molecule has 0 radical (unpaired) electrons. The summed E-state index contributed by atoms with van der Waals surface area (Å²) in [5, 5.41) is 2.53. The lowest BCUT2D eigenvalue weighted by atomic mass is 9.84. The molecule has 1 aliphatic carbocycles. The first-order valence-electron chi connectivity index (χ1n) is 7.57. The maximum atomic E-state index is 13.1. The van der Waals surface area contributed by atoms with Crippen molar-refractivity contribution in [3.63, 3.8) is 0 Å². The van der Waals surface area contributed by atoms with E-state index in [1.807, 2.05) is 0 Å². The van der Waals surface area contributed by atoms with Crippen LogP contribution >= 0.6 is 15.9 Å². The summed E-state index contributed by atoms with van der Waals surface area (Å²) in [6.07, 6.45) is -2.75. The quantitative estimate of drug-likeness (QED) is 0.805. The second kappa shape index (κ2) is 7.63. The molecule has 0 bridgehead atoms. The highest BCUT2D eigenvalue weighted by Gasteiger charge is 2.46. The van der Waals surface area contributed by atoms with E-state index in [-0.39, 0.29) is 12.0 Å². The number of rotatable bonds is 4. The fourth-order valence-electron chi connectivity index (χ4n) is 2.95. The van der Waals surface area contributed by atoms with Crippen LogP contribution in [0.25, 0.3) is 0 Å². The largest absolute Gasteiger partial charge is 0.495 e. The maximum absolute atomic E-state index is 13.1. The van der Waals surface area contributed by atoms with Crippen molar-refractivity contribution in [2.75, 3.05) is 14.2 Å². The number of hydrogen-bond acceptors (Lipinski definition) is 3. The Labute approximate surface area is 146 Å². The highest BCUT2D eigenvalue weighted by atomic mass is 79.9. The van der Waals surface area contributed by atoms with Gasteiger partial charge < -0.3 is 14.8 Å². The molecule has 0 spiro atoms. The average Bonchev–Trinajstić information content (AvgIpc) is 2.54. The average molecular weight is 410 g/mol. The van der Waals surface area contributed by atoms with Gasteiger partial charge >= 0.3 is 6.18 Å². The molecular weight excluding hydrogens is 391 g/mol. The topological polar surface area (TPSA) is 47.6 Å². The summed E-state index contributed by atoms with van der Waals surface area (Å²) in [6, 6.07) is 2.02. The van der Waals surface area contributed by atoms with Gasteiger partial charge in [0.2, 0.25) is 0 Å². The van der Waals surface area contributed by atoms with Crippen LogP contribution < -0.4 is 14.8 Å². The van der Waals surface area contributed by atoms with Crippen molar-refractivity contribution in [3.05, 3.63) is 22.2 Å². The summed E-state index contributed by atoms with van der Waals surface area (Å²) in [7, 11) is 2.87. The summed E-state index contributed by atoms with van der Waals surface area (Å²) in [6.45, 7) is 0. The Balaban J connectivity index is 2.22. The molecule has 0 heterocycles. The predicted molar refractivity (Wildman–Crippen MR) is 86.5 cm³/mol. The fraction of sp³-hybridized carbons (Fsp3) is 0.562. The van der Waals surface area contributed by atoms with Crippen LogP contribution in [0.5, 0.6) is 11.5 Å². The number of ether oxygens (including phenoxy) is 2. The van der Waals surface area contributed by atoms with Crippen LogP contribution in [-0.2, 0) is 0 Å². The van der Waals surface area contributed by atoms with Crippen molar-refractivity contribution < 1.29 is 27.4 Å². The Morgan fingerprint density at radius 2 is 1.71 bits per heavy atom. The number of hydrogen-bond donors (Lipinski definition) is 1. The zero-order chi connectivity index (χ0) is 17.9. The van der Waals surface area contributed by atoms with E-state index >= 15 is 0 Å². The maximum Gasteiger partial charge on any atom is 0.393 e. The van der Waals surface area contributed by atoms with Crippen LogP contribution in [0, 0.1) is 5.92 Å². The normalized spacial score (nSPS) is 21.2. The third-order valence-corrected chi connectivity index (χ3v) is 4.99. The smallest absolute Gasteiger partial charge is 0.393 e. The van der Waals surface area contributed by atoms with E-state index < -0.39 is 24.0 Å². The molecule has 0 aromatic heterocycles. The van der Waals surface area contributed by atoms with Crippen molar-refractivity contribution in [2.24, 2.45) is 5.92 Å². The summed E-state index contributed by atoms with van der Waals surface area (Å²) in [5.41, 5.74) is 0.193. The first kappa shape index (κ1) is 18.9. The second-order valence-corrected chi connectivity index (χ2v) is 6.50. The van der Waals surface area contributed by atoms with E-state index in [9.17, 15) is 18.0 Å². The van der Waals surface area contributed by atoms with E-state index in [2.05, 4.69) is 21.2 Å². The van der Waals surface area contributed by atoms with Crippen molar-refractivity contribution in [2.45, 2.75) is 37.9 Å². The van der Waals surface area contributed by atoms with Gasteiger partial charge in [0.15, 0.2) is 0 Å². The lowest BCUT2D eigenvalue weighted by Gasteiger charge is -2.33. The van der Waals surface area contributed by atoms with Crippen molar-refractivity contribution >= 4 is 21.8 Å². The van der Waals surface area contributed by atoms with Gasteiger partial charge in [-0.1, -0.05) is 12.8 Å². The minimum absolute atomic E-state index is 0.0431. The Hall–Kier alpha value is -1.44. The monoisotopic (exact) mass is 409 g/mol. The van der Waals surface area contributed by atoms with E-state index in [4.69, 9.17) is 9.47 Å². The third kappa shape index (κ3) is 4.15. The standard InChI is InChI=1S/C16H19BrF3NO3/c1-23-12-7-9(8-13(24-2)14(12)17)15(22)21-11-6-4-3-5-10(11)16(18,19)20/h7-8,10-11H,3-6H2,1-2H3,(H,21,22)/t10-,11-/m1/s1. The van der Waals surface area contributed by atoms with Gasteiger partial charge in [0, 0.05) is 11.6 Å². The molecule has 1 fully saturated rings. The van der Waals surface area contributed by atoms with Crippen molar-refractivity contribution in [1.82, 2.24) is 5.32 Å². The number of amides is 1. The molecule has 24 heavy (non-hydrogen) atoms. The first-order chi connectivity index (χ1) is 11.3. The van der Waals surface area contributed by atoms with Crippen molar-refractivity contribution in [3.8, 4) is 11.5 Å². The van der Waals surface area contributed by atoms with Gasteiger partial charge in [-0.2, -0.15) is 13.2 Å². The van der Waals surface area contributed by atoms with Gasteiger partial charge in [-0.15, -0.1) is 0 Å². The molecule has 0 saturated heterocycles. The summed E-state index contributed by atoms with van der Waals surface area (Å²) < 4.78 is 50.3. The Morgan fingerprint density at radius 1 is 1.17 bits per heavy atom. The lowest BCUT2D eigenvalue weighted by Crippen LogP contribution is -2.47. The Morgan fingerprint density at radius 3 is 2.21 bits per heavy atom. The molecule has 8 heteroatoms. The number of benzene rings is 1. The number of halogens is 4. The molecule has 1 N–H and O–H groups in total. The van der Waals surface area contributed by atoms with Gasteiger partial charge in [0.1, 0.15) is 16.0 Å². The Kier molecular flexibility index (Phi) is 6.01. The Bertz CT molecular complexity index is 582. The highest BCUT2D eigenvalue weighted by molar-refractivity contribution is 9.10. The molecule has 4 nitrogen and oxygen atoms in total. The number of methoxy groups -OCH3 is 2. The number of carbonyl (C=O) groups is 1. The third-order valence-electron chi connectivity index (χ3n) is 4.21. The van der Waals surface area contributed by atoms with Crippen LogP contribution in [0.1, 0.15) is 36.0 Å². The van der Waals surface area contributed by atoms with Crippen LogP contribution in [0.4, 0.5) is 13.2 Å². The van der Waals surface area contributed by atoms with Gasteiger partial charge in [-0.05, 0) is 40.9 Å². The summed E-state index contributed by atoms with van der Waals surface area (Å²) in [4.78, 5) is 12.4. The molecule has 1 saturated carbocycles. The van der Waals surface area contributed by atoms with Gasteiger partial charge in [-0.25, -0.2) is 0 Å². The van der Waals surface area contributed by atoms with Gasteiger partial charge in [-0.3, -0.25) is 4.79 Å². The molecule has 0 unspecified atom stereocenters. The zero-order valence-corrected chi connectivity index (χ0v) is 15.0. The van der Waals surface area contributed by atoms with Crippen LogP contribution in [0.15, 0.2) is 16.6 Å². The molecule has 1 amide bonds. The van der Waals surface area contributed by atoms with E-state index in [0.717, 1.165) is 0 Å². The van der Waals surface area contributed by atoms with Crippen LogP contribution in [0.2, 0.25) is 0 Å². The minimum atomic E-state index is -4.31. The van der Waals surface area contributed by atoms with E-state index in [1.165, 1.54) is 26.4 Å². The number of nitrogens with one attached hydrogen (secondary N) is 1. The second-order valence-electron chi connectivity index (χ2n) is 5.71. The van der Waals surface area contributed by atoms with Crippen LogP contribution in [0.3, 0.4) is 0 Å². The lowest BCUT2D eigenvalue weighted by molar-refractivity contribution is -0.187. The molecule has 1 aliphatic rings. The number of alkyl halides is 3. The SMILES string of the molecule is COc1cc(C(=O)N[C@@H]2CCCC[C@H]2C(F)(F)F)cc(OC)c1Br.